The summed E-state index contributed by atoms with van der Waals surface area (Å²) in [5.41, 5.74) is 2.53. The van der Waals surface area contributed by atoms with Gasteiger partial charge in [0.15, 0.2) is 0 Å². The van der Waals surface area contributed by atoms with Crippen molar-refractivity contribution in [3.05, 3.63) is 107 Å². The molecule has 7 nitrogen and oxygen atoms in total. The van der Waals surface area contributed by atoms with Crippen LogP contribution in [0.25, 0.3) is 0 Å². The fourth-order valence-corrected chi connectivity index (χ4v) is 6.02. The van der Waals surface area contributed by atoms with Gasteiger partial charge in [-0.2, -0.15) is 0 Å². The Morgan fingerprint density at radius 3 is 1.97 bits per heavy atom. The minimum atomic E-state index is -1.06. The molecule has 3 aromatic carbocycles. The predicted octanol–water partition coefficient (Wildman–Crippen LogP) is 4.44. The zero-order chi connectivity index (χ0) is 24.4. The highest BCUT2D eigenvalue weighted by atomic mass is 16.5. The lowest BCUT2D eigenvalue weighted by Gasteiger charge is -2.32. The average molecular weight is 472 g/mol. The molecule has 1 saturated heterocycles. The Bertz CT molecular complexity index is 1360. The van der Waals surface area contributed by atoms with Gasteiger partial charge in [0.1, 0.15) is 40.6 Å². The zero-order valence-corrected chi connectivity index (χ0v) is 18.5. The Labute approximate surface area is 201 Å². The maximum Gasteiger partial charge on any atom is 0.131 e. The van der Waals surface area contributed by atoms with E-state index in [0.29, 0.717) is 22.4 Å². The van der Waals surface area contributed by atoms with Crippen LogP contribution in [0, 0.1) is 11.8 Å². The summed E-state index contributed by atoms with van der Waals surface area (Å²) in [7, 11) is 0. The molecule has 0 amide bonds. The summed E-state index contributed by atoms with van der Waals surface area (Å²) < 4.78 is 6.34. The van der Waals surface area contributed by atoms with Gasteiger partial charge in [-0.15, -0.1) is 0 Å². The van der Waals surface area contributed by atoms with Crippen molar-refractivity contribution in [1.29, 1.82) is 0 Å². The number of fused-ring (bicyclic) bond motifs is 2. The standard InChI is InChI=1S/C28H24O7/c29-15-5-1-13(2-6-15)23-24-19(9-17(31)11-21(24)33)26-25-20(27(23)34)10-18(32)12-22(25)35-28(26)14-3-7-16(30)8-4-14/h1-12,20,23,25-34H/t20-,23?,25?,26?,27+,28?/m0/s1. The molecule has 4 unspecified atom stereocenters. The van der Waals surface area contributed by atoms with Crippen LogP contribution in [0.15, 0.2) is 84.3 Å². The van der Waals surface area contributed by atoms with Gasteiger partial charge in [-0.1, -0.05) is 24.3 Å². The topological polar surface area (TPSA) is 131 Å². The van der Waals surface area contributed by atoms with Crippen LogP contribution in [-0.4, -0.2) is 36.7 Å². The van der Waals surface area contributed by atoms with Gasteiger partial charge in [-0.05, 0) is 53.1 Å². The third-order valence-electron chi connectivity index (χ3n) is 7.43. The normalized spacial score (nSPS) is 28.7. The van der Waals surface area contributed by atoms with Gasteiger partial charge in [0.05, 0.1) is 6.10 Å². The number of hydrogen-bond donors (Lipinski definition) is 6. The Hall–Kier alpha value is -4.10. The van der Waals surface area contributed by atoms with Crippen LogP contribution in [-0.2, 0) is 4.74 Å². The second-order valence-electron chi connectivity index (χ2n) is 9.42. The highest BCUT2D eigenvalue weighted by Gasteiger charge is 2.55. The van der Waals surface area contributed by atoms with Crippen molar-refractivity contribution in [3.8, 4) is 23.0 Å². The van der Waals surface area contributed by atoms with Crippen LogP contribution in [0.1, 0.15) is 40.2 Å². The first-order valence-corrected chi connectivity index (χ1v) is 11.4. The van der Waals surface area contributed by atoms with E-state index in [0.717, 1.165) is 5.56 Å². The Kier molecular flexibility index (Phi) is 4.72. The smallest absolute Gasteiger partial charge is 0.131 e. The molecule has 1 heterocycles. The molecular formula is C28H24O7. The summed E-state index contributed by atoms with van der Waals surface area (Å²) in [5, 5.41) is 63.5. The van der Waals surface area contributed by atoms with Crippen molar-refractivity contribution in [3.63, 3.8) is 0 Å². The second-order valence-corrected chi connectivity index (χ2v) is 9.42. The fraction of sp³-hybridized carbons (Fsp3) is 0.214. The molecule has 1 fully saturated rings. The molecule has 0 spiro atoms. The van der Waals surface area contributed by atoms with Crippen molar-refractivity contribution in [2.24, 2.45) is 11.8 Å². The van der Waals surface area contributed by atoms with Crippen LogP contribution in [0.2, 0.25) is 0 Å². The number of allylic oxidation sites excluding steroid dienone is 2. The number of phenols is 4. The maximum absolute atomic E-state index is 11.8. The van der Waals surface area contributed by atoms with Crippen LogP contribution < -0.4 is 0 Å². The molecule has 0 bridgehead atoms. The highest BCUT2D eigenvalue weighted by molar-refractivity contribution is 5.56. The van der Waals surface area contributed by atoms with E-state index in [-0.39, 0.29) is 34.7 Å². The van der Waals surface area contributed by atoms with E-state index in [4.69, 9.17) is 4.74 Å². The van der Waals surface area contributed by atoms with Crippen LogP contribution in [0.5, 0.6) is 23.0 Å². The number of aliphatic hydroxyl groups is 2. The molecule has 3 aliphatic rings. The van der Waals surface area contributed by atoms with Crippen LogP contribution >= 0.6 is 0 Å². The number of aliphatic hydroxyl groups excluding tert-OH is 2. The number of hydrogen-bond acceptors (Lipinski definition) is 7. The van der Waals surface area contributed by atoms with E-state index in [1.807, 2.05) is 0 Å². The van der Waals surface area contributed by atoms with Gasteiger partial charge in [0.2, 0.25) is 0 Å². The molecule has 6 rings (SSSR count). The predicted molar refractivity (Wildman–Crippen MR) is 126 cm³/mol. The quantitative estimate of drug-likeness (QED) is 0.325. The molecule has 1 aliphatic heterocycles. The number of phenolic OH excluding ortho intramolecular Hbond substituents is 4. The number of rotatable bonds is 2. The molecule has 0 saturated carbocycles. The van der Waals surface area contributed by atoms with E-state index in [1.165, 1.54) is 18.2 Å². The van der Waals surface area contributed by atoms with E-state index in [2.05, 4.69) is 0 Å². The average Bonchev–Trinajstić information content (AvgIpc) is 3.15. The van der Waals surface area contributed by atoms with Gasteiger partial charge in [-0.25, -0.2) is 0 Å². The first-order chi connectivity index (χ1) is 16.8. The van der Waals surface area contributed by atoms with E-state index >= 15 is 0 Å². The van der Waals surface area contributed by atoms with Gasteiger partial charge in [-0.3, -0.25) is 0 Å². The summed E-state index contributed by atoms with van der Waals surface area (Å²) in [6.45, 7) is 0. The molecule has 6 atom stereocenters. The first-order valence-electron chi connectivity index (χ1n) is 11.4. The summed E-state index contributed by atoms with van der Waals surface area (Å²) in [5.74, 6) is -1.65. The Morgan fingerprint density at radius 2 is 1.31 bits per heavy atom. The minimum absolute atomic E-state index is 0.0205. The van der Waals surface area contributed by atoms with Crippen molar-refractivity contribution >= 4 is 0 Å². The summed E-state index contributed by atoms with van der Waals surface area (Å²) >= 11 is 0. The lowest BCUT2D eigenvalue weighted by molar-refractivity contribution is 0.0871. The first kappa shape index (κ1) is 21.4. The van der Waals surface area contributed by atoms with Crippen molar-refractivity contribution in [2.45, 2.75) is 24.0 Å². The molecule has 178 valence electrons. The van der Waals surface area contributed by atoms with E-state index in [1.54, 1.807) is 54.6 Å². The monoisotopic (exact) mass is 472 g/mol. The molecule has 7 heteroatoms. The van der Waals surface area contributed by atoms with Crippen molar-refractivity contribution < 1.29 is 35.4 Å². The molecule has 35 heavy (non-hydrogen) atoms. The van der Waals surface area contributed by atoms with E-state index < -0.39 is 30.0 Å². The Morgan fingerprint density at radius 1 is 0.686 bits per heavy atom. The third kappa shape index (κ3) is 3.31. The van der Waals surface area contributed by atoms with Crippen LogP contribution in [0.3, 0.4) is 0 Å². The molecule has 6 N–H and O–H groups in total. The SMILES string of the molecule is OC1=C[C@H]2C3C(=C1)OC(c1ccc(O)cc1)C3c1cc(O)cc(O)c1C(c1ccc(O)cc1)[C@@H]2O. The summed E-state index contributed by atoms with van der Waals surface area (Å²) in [4.78, 5) is 0. The Balaban J connectivity index is 1.63. The molecule has 3 aromatic rings. The van der Waals surface area contributed by atoms with Gasteiger partial charge in [0, 0.05) is 41.4 Å². The lowest BCUT2D eigenvalue weighted by Crippen LogP contribution is -2.33. The lowest BCUT2D eigenvalue weighted by atomic mass is 9.72. The number of ether oxygens (including phenoxy) is 1. The van der Waals surface area contributed by atoms with Crippen molar-refractivity contribution in [1.82, 2.24) is 0 Å². The third-order valence-corrected chi connectivity index (χ3v) is 7.43. The van der Waals surface area contributed by atoms with Gasteiger partial charge in [0.25, 0.3) is 0 Å². The van der Waals surface area contributed by atoms with Crippen LogP contribution in [0.4, 0.5) is 0 Å². The number of benzene rings is 3. The van der Waals surface area contributed by atoms with Gasteiger partial charge >= 0.3 is 0 Å². The molecule has 0 aromatic heterocycles. The molecular weight excluding hydrogens is 448 g/mol. The zero-order valence-electron chi connectivity index (χ0n) is 18.5. The largest absolute Gasteiger partial charge is 0.508 e. The summed E-state index contributed by atoms with van der Waals surface area (Å²) in [6, 6.07) is 15.9. The second kappa shape index (κ2) is 7.71. The molecule has 0 radical (unpaired) electrons. The fourth-order valence-electron chi connectivity index (χ4n) is 6.02. The highest BCUT2D eigenvalue weighted by Crippen LogP contribution is 2.61. The summed E-state index contributed by atoms with van der Waals surface area (Å²) in [6.07, 6.45) is 1.55. The number of aromatic hydroxyl groups is 4. The maximum atomic E-state index is 11.8. The minimum Gasteiger partial charge on any atom is -0.508 e. The molecule has 2 aliphatic carbocycles. The van der Waals surface area contributed by atoms with Crippen molar-refractivity contribution in [2.75, 3.05) is 0 Å². The van der Waals surface area contributed by atoms with E-state index in [9.17, 15) is 30.6 Å². The van der Waals surface area contributed by atoms with Gasteiger partial charge < -0.3 is 35.4 Å².